The van der Waals surface area contributed by atoms with Crippen LogP contribution in [0.2, 0.25) is 0 Å². The maximum Gasteiger partial charge on any atom is 0.315 e. The number of aliphatic hydroxyl groups is 13. The molecule has 0 radical (unpaired) electrons. The summed E-state index contributed by atoms with van der Waals surface area (Å²) in [7, 11) is 0. The predicted octanol–water partition coefficient (Wildman–Crippen LogP) is -1.40. The first-order valence-corrected chi connectivity index (χ1v) is 27.3. The summed E-state index contributed by atoms with van der Waals surface area (Å²) in [6.45, 7) is 13.1. The first kappa shape index (κ1) is 58.1. The van der Waals surface area contributed by atoms with Crippen LogP contribution < -0.4 is 0 Å². The molecule has 4 saturated heterocycles. The SMILES string of the molecule is C[C@@H]1O[C@@H](O[C@H]2[C@H](OC(=O)[C@]34CCC(C)(C)C[C@H]3C3=CC[C@@H]5[C@@]6(C)CC[C@H](O[C@@H]7O[C@H](CO)[C@@H](O)[C@H](O)[C@H]7O)[C@@](C)(CO)[C@@H]6CC[C@@]5(C)[C@]3(C)CC4)O[C@H](CO[C@@H]3OC[C@@H](O)[C@H](O)[C@H]3O)[C@@H](O)[C@@H]2O)[C@H](O)[C@H](O)[C@H]1O. The van der Waals surface area contributed by atoms with Gasteiger partial charge in [-0.1, -0.05) is 53.2 Å². The van der Waals surface area contributed by atoms with Gasteiger partial charge < -0.3 is 104 Å². The van der Waals surface area contributed by atoms with E-state index in [1.54, 1.807) is 0 Å². The zero-order valence-electron chi connectivity index (χ0n) is 44.2. The molecule has 13 N–H and O–H groups in total. The number of rotatable bonds is 11. The number of carbonyl (C=O) groups is 1. The molecule has 4 saturated carbocycles. The molecule has 0 unspecified atom stereocenters. The summed E-state index contributed by atoms with van der Waals surface area (Å²) >= 11 is 0. The second-order valence-electron chi connectivity index (χ2n) is 25.7. The third-order valence-corrected chi connectivity index (χ3v) is 21.1. The highest BCUT2D eigenvalue weighted by molar-refractivity contribution is 5.79. The van der Waals surface area contributed by atoms with Gasteiger partial charge in [-0.3, -0.25) is 4.79 Å². The number of hydrogen-bond donors (Lipinski definition) is 13. The lowest BCUT2D eigenvalue weighted by atomic mass is 9.33. The van der Waals surface area contributed by atoms with Gasteiger partial charge in [0.25, 0.3) is 0 Å². The standard InChI is InChI=1S/C53H86O22/c1-23-32(57)36(61)40(65)44(70-23)74-42-38(63)35(60)28(21-69-43-39(64)33(58)26(56)20-68-43)72-46(42)75-47(67)53-16-14-48(2,3)18-25(53)24-8-9-30-49(4)12-11-31(73-45-41(66)37(62)34(59)27(19-54)71-45)50(5,22-55)29(49)10-13-52(30,7)51(24,6)15-17-53/h8,23,25-46,54-66H,9-22H2,1-7H3/t23-,25-,26+,27+,28+,29+,30+,31-,32-,33-,34+,35+,36+,37-,38-,39+,40+,41+,42+,43-,44-,45-,46-,49-,50-,51+,52+,53-/m0/s1. The van der Waals surface area contributed by atoms with Gasteiger partial charge in [0, 0.05) is 5.41 Å². The van der Waals surface area contributed by atoms with Gasteiger partial charge in [0.1, 0.15) is 79.4 Å². The quantitative estimate of drug-likeness (QED) is 0.0643. The maximum absolute atomic E-state index is 15.5. The number of fused-ring (bicyclic) bond motifs is 7. The fourth-order valence-electron chi connectivity index (χ4n) is 16.1. The van der Waals surface area contributed by atoms with E-state index in [-0.39, 0.29) is 47.2 Å². The summed E-state index contributed by atoms with van der Waals surface area (Å²) < 4.78 is 47.9. The molecule has 28 atom stereocenters. The molecule has 0 aromatic carbocycles. The number of allylic oxidation sites excluding steroid dienone is 2. The van der Waals surface area contributed by atoms with Crippen molar-refractivity contribution in [1.29, 1.82) is 0 Å². The van der Waals surface area contributed by atoms with Crippen LogP contribution in [0.5, 0.6) is 0 Å². The normalized spacial score (nSPS) is 54.8. The fraction of sp³-hybridized carbons (Fsp3) is 0.943. The Morgan fingerprint density at radius 1 is 0.640 bits per heavy atom. The maximum atomic E-state index is 15.5. The van der Waals surface area contributed by atoms with Crippen LogP contribution in [0.25, 0.3) is 0 Å². The van der Waals surface area contributed by atoms with Crippen LogP contribution >= 0.6 is 0 Å². The van der Waals surface area contributed by atoms with Crippen LogP contribution in [0.3, 0.4) is 0 Å². The Hall–Kier alpha value is -1.59. The minimum atomic E-state index is -1.89. The van der Waals surface area contributed by atoms with Crippen LogP contribution in [0, 0.1) is 50.2 Å². The molecule has 430 valence electrons. The molecule has 9 aliphatic rings. The van der Waals surface area contributed by atoms with E-state index in [2.05, 4.69) is 40.7 Å². The molecule has 5 aliphatic carbocycles. The van der Waals surface area contributed by atoms with Crippen molar-refractivity contribution in [1.82, 2.24) is 0 Å². The Kier molecular flexibility index (Phi) is 16.3. The number of carbonyl (C=O) groups excluding carboxylic acids is 1. The van der Waals surface area contributed by atoms with E-state index in [1.807, 2.05) is 6.92 Å². The van der Waals surface area contributed by atoms with Gasteiger partial charge in [-0.2, -0.15) is 0 Å². The number of esters is 1. The highest BCUT2D eigenvalue weighted by Crippen LogP contribution is 2.76. The van der Waals surface area contributed by atoms with E-state index in [0.717, 1.165) is 19.3 Å². The molecule has 4 aliphatic heterocycles. The molecule has 0 aromatic rings. The molecule has 9 rings (SSSR count). The average molecular weight is 1080 g/mol. The van der Waals surface area contributed by atoms with E-state index >= 15 is 4.79 Å². The third-order valence-electron chi connectivity index (χ3n) is 21.1. The largest absolute Gasteiger partial charge is 0.432 e. The van der Waals surface area contributed by atoms with Crippen LogP contribution in [0.4, 0.5) is 0 Å². The smallest absolute Gasteiger partial charge is 0.315 e. The molecule has 22 nitrogen and oxygen atoms in total. The molecule has 4 heterocycles. The first-order chi connectivity index (χ1) is 35.1. The van der Waals surface area contributed by atoms with E-state index in [9.17, 15) is 66.4 Å². The van der Waals surface area contributed by atoms with Gasteiger partial charge in [-0.05, 0) is 111 Å². The van der Waals surface area contributed by atoms with Crippen LogP contribution in [0.15, 0.2) is 11.6 Å². The summed E-state index contributed by atoms with van der Waals surface area (Å²) in [5.74, 6) is -0.816. The molecule has 0 spiro atoms. The monoisotopic (exact) mass is 1070 g/mol. The molecule has 75 heavy (non-hydrogen) atoms. The number of aliphatic hydroxyl groups excluding tert-OH is 13. The van der Waals surface area contributed by atoms with E-state index in [4.69, 9.17) is 37.9 Å². The van der Waals surface area contributed by atoms with Gasteiger partial charge in [0.15, 0.2) is 25.0 Å². The highest BCUT2D eigenvalue weighted by Gasteiger charge is 2.71. The topological polar surface area (TPSA) is 354 Å². The van der Waals surface area contributed by atoms with Crippen molar-refractivity contribution < 1.29 is 109 Å². The van der Waals surface area contributed by atoms with Crippen LogP contribution in [0.1, 0.15) is 113 Å². The van der Waals surface area contributed by atoms with Crippen molar-refractivity contribution in [2.24, 2.45) is 50.2 Å². The molecule has 0 bridgehead atoms. The second-order valence-corrected chi connectivity index (χ2v) is 25.7. The Balaban J connectivity index is 0.991. The lowest BCUT2D eigenvalue weighted by Gasteiger charge is -2.71. The van der Waals surface area contributed by atoms with E-state index < -0.39 is 158 Å². The number of hydrogen-bond acceptors (Lipinski definition) is 22. The highest BCUT2D eigenvalue weighted by atomic mass is 16.8. The Morgan fingerprint density at radius 2 is 1.27 bits per heavy atom. The van der Waals surface area contributed by atoms with E-state index in [1.165, 1.54) is 12.5 Å². The molecule has 0 amide bonds. The lowest BCUT2D eigenvalue weighted by Crippen LogP contribution is -2.67. The minimum Gasteiger partial charge on any atom is -0.432 e. The second kappa shape index (κ2) is 21.1. The van der Waals surface area contributed by atoms with Crippen molar-refractivity contribution in [3.8, 4) is 0 Å². The van der Waals surface area contributed by atoms with Crippen molar-refractivity contribution in [3.05, 3.63) is 11.6 Å². The van der Waals surface area contributed by atoms with Crippen molar-refractivity contribution in [2.45, 2.75) is 235 Å². The minimum absolute atomic E-state index is 0.0355. The Labute approximate surface area is 437 Å². The summed E-state index contributed by atoms with van der Waals surface area (Å²) in [6.07, 6.45) is -21.7. The van der Waals surface area contributed by atoms with Crippen molar-refractivity contribution >= 4 is 5.97 Å². The van der Waals surface area contributed by atoms with Crippen LogP contribution in [-0.2, 0) is 42.7 Å². The zero-order chi connectivity index (χ0) is 54.7. The van der Waals surface area contributed by atoms with Crippen molar-refractivity contribution in [3.63, 3.8) is 0 Å². The molecule has 8 fully saturated rings. The molecular weight excluding hydrogens is 989 g/mol. The van der Waals surface area contributed by atoms with Gasteiger partial charge in [-0.25, -0.2) is 0 Å². The van der Waals surface area contributed by atoms with Gasteiger partial charge in [0.05, 0.1) is 44.1 Å². The Morgan fingerprint density at radius 3 is 1.95 bits per heavy atom. The molecule has 0 aromatic heterocycles. The third kappa shape index (κ3) is 9.50. The summed E-state index contributed by atoms with van der Waals surface area (Å²) in [4.78, 5) is 15.5. The summed E-state index contributed by atoms with van der Waals surface area (Å²) in [6, 6.07) is 0. The summed E-state index contributed by atoms with van der Waals surface area (Å²) in [5.41, 5.74) is -1.86. The van der Waals surface area contributed by atoms with Gasteiger partial charge >= 0.3 is 5.97 Å². The average Bonchev–Trinajstić information content (AvgIpc) is 3.37. The Bertz CT molecular complexity index is 2060. The first-order valence-electron chi connectivity index (χ1n) is 27.3. The van der Waals surface area contributed by atoms with E-state index in [0.29, 0.717) is 44.9 Å². The summed E-state index contributed by atoms with van der Waals surface area (Å²) in [5, 5.41) is 139. The zero-order valence-corrected chi connectivity index (χ0v) is 44.2. The molecular formula is C53H86O22. The lowest BCUT2D eigenvalue weighted by molar-refractivity contribution is -0.365. The van der Waals surface area contributed by atoms with Gasteiger partial charge in [-0.15, -0.1) is 0 Å². The predicted molar refractivity (Wildman–Crippen MR) is 257 cm³/mol. The number of ether oxygens (including phenoxy) is 8. The van der Waals surface area contributed by atoms with Crippen LogP contribution in [-0.4, -0.2) is 222 Å². The van der Waals surface area contributed by atoms with Gasteiger partial charge in [0.2, 0.25) is 6.29 Å². The van der Waals surface area contributed by atoms with Crippen molar-refractivity contribution in [2.75, 3.05) is 26.4 Å². The fourth-order valence-corrected chi connectivity index (χ4v) is 16.1. The molecule has 22 heteroatoms.